The summed E-state index contributed by atoms with van der Waals surface area (Å²) in [4.78, 5) is 38.2. The number of nitrogens with zero attached hydrogens (tertiary/aromatic N) is 2. The second-order valence-corrected chi connectivity index (χ2v) is 7.71. The number of carbonyl (C=O) groups is 3. The first-order chi connectivity index (χ1) is 15.3. The van der Waals surface area contributed by atoms with Crippen LogP contribution >= 0.6 is 0 Å². The number of ether oxygens (including phenoxy) is 2. The summed E-state index contributed by atoms with van der Waals surface area (Å²) in [5.74, 6) is 0.747. The topological polar surface area (TPSA) is 76.2 Å². The Bertz CT molecular complexity index is 986. The number of rotatable bonds is 8. The lowest BCUT2D eigenvalue weighted by Crippen LogP contribution is -2.52. The molecule has 1 saturated heterocycles. The van der Waals surface area contributed by atoms with E-state index in [0.717, 1.165) is 22.0 Å². The highest BCUT2D eigenvalue weighted by molar-refractivity contribution is 6.30. The van der Waals surface area contributed by atoms with Gasteiger partial charge in [0.25, 0.3) is 11.8 Å². The highest BCUT2D eigenvalue weighted by Crippen LogP contribution is 2.22. The van der Waals surface area contributed by atoms with Crippen molar-refractivity contribution in [1.29, 1.82) is 0 Å². The summed E-state index contributed by atoms with van der Waals surface area (Å²) in [6.45, 7) is 5.16. The van der Waals surface area contributed by atoms with Gasteiger partial charge in [-0.05, 0) is 53.8 Å². The van der Waals surface area contributed by atoms with Gasteiger partial charge in [0.1, 0.15) is 30.3 Å². The van der Waals surface area contributed by atoms with E-state index in [1.807, 2.05) is 12.1 Å². The van der Waals surface area contributed by atoms with Gasteiger partial charge < -0.3 is 9.47 Å². The first-order valence-corrected chi connectivity index (χ1v) is 10.6. The zero-order valence-corrected chi connectivity index (χ0v) is 18.8. The molecule has 2 aromatic rings. The van der Waals surface area contributed by atoms with Crippen LogP contribution in [0.15, 0.2) is 54.1 Å². The average molecular weight is 437 g/mol. The molecule has 7 nitrogen and oxygen atoms in total. The minimum Gasteiger partial charge on any atom is -0.490 e. The van der Waals surface area contributed by atoms with Crippen molar-refractivity contribution in [3.05, 3.63) is 65.2 Å². The van der Waals surface area contributed by atoms with Crippen LogP contribution in [0.4, 0.5) is 4.79 Å². The second-order valence-electron chi connectivity index (χ2n) is 7.71. The van der Waals surface area contributed by atoms with Gasteiger partial charge in [0.05, 0.1) is 0 Å². The fraction of sp³-hybridized carbons (Fsp3) is 0.320. The molecule has 1 heterocycles. The molecule has 1 aliphatic rings. The van der Waals surface area contributed by atoms with E-state index in [9.17, 15) is 14.4 Å². The Kier molecular flexibility index (Phi) is 7.30. The number of amides is 4. The summed E-state index contributed by atoms with van der Waals surface area (Å²) in [5.41, 5.74) is 1.89. The quantitative estimate of drug-likeness (QED) is 0.354. The van der Waals surface area contributed by atoms with Crippen LogP contribution < -0.4 is 9.47 Å². The molecule has 0 radical (unpaired) electrons. The summed E-state index contributed by atoms with van der Waals surface area (Å²) < 4.78 is 11.4. The number of urea groups is 1. The van der Waals surface area contributed by atoms with Crippen LogP contribution in [0.5, 0.6) is 11.5 Å². The maximum atomic E-state index is 12.3. The predicted octanol–water partition coefficient (Wildman–Crippen LogP) is 4.09. The fourth-order valence-electron chi connectivity index (χ4n) is 3.25. The zero-order valence-electron chi connectivity index (χ0n) is 18.8. The van der Waals surface area contributed by atoms with Gasteiger partial charge in [0.15, 0.2) is 0 Å². The number of barbiturate groups is 1. The van der Waals surface area contributed by atoms with Crippen molar-refractivity contribution in [1.82, 2.24) is 9.80 Å². The van der Waals surface area contributed by atoms with E-state index >= 15 is 0 Å². The summed E-state index contributed by atoms with van der Waals surface area (Å²) in [6.07, 6.45) is 2.57. The standard InChI is InChI=1S/C25H28N2O5/c1-5-17(2)19-8-12-21(13-9-19)32-15-14-31-20-10-6-18(7-11-20)16-22-23(28)26(3)25(30)27(4)24(22)29/h6-13,16-17H,5,14-15H2,1-4H3. The Morgan fingerprint density at radius 1 is 0.812 bits per heavy atom. The summed E-state index contributed by atoms with van der Waals surface area (Å²) in [7, 11) is 2.70. The lowest BCUT2D eigenvalue weighted by molar-refractivity contribution is -0.134. The molecule has 1 unspecified atom stereocenters. The molecular weight excluding hydrogens is 408 g/mol. The van der Waals surface area contributed by atoms with Crippen molar-refractivity contribution in [2.45, 2.75) is 26.2 Å². The molecule has 0 spiro atoms. The lowest BCUT2D eigenvalue weighted by atomic mass is 9.99. The summed E-state index contributed by atoms with van der Waals surface area (Å²) in [5, 5.41) is 0. The van der Waals surface area contributed by atoms with Crippen LogP contribution in [0.25, 0.3) is 6.08 Å². The summed E-state index contributed by atoms with van der Waals surface area (Å²) in [6, 6.07) is 14.5. The molecule has 0 aliphatic carbocycles. The van der Waals surface area contributed by atoms with E-state index in [-0.39, 0.29) is 5.57 Å². The number of hydrogen-bond donors (Lipinski definition) is 0. The SMILES string of the molecule is CCC(C)c1ccc(OCCOc2ccc(C=C3C(=O)N(C)C(=O)N(C)C3=O)cc2)cc1. The molecule has 4 amide bonds. The van der Waals surface area contributed by atoms with Gasteiger partial charge in [-0.3, -0.25) is 19.4 Å². The molecule has 3 rings (SSSR count). The molecule has 1 aliphatic heterocycles. The Morgan fingerprint density at radius 2 is 1.28 bits per heavy atom. The number of imide groups is 2. The van der Waals surface area contributed by atoms with Crippen LogP contribution in [-0.4, -0.2) is 55.0 Å². The third-order valence-corrected chi connectivity index (χ3v) is 5.52. The Hall–Kier alpha value is -3.61. The zero-order chi connectivity index (χ0) is 23.3. The minimum absolute atomic E-state index is 0.0592. The highest BCUT2D eigenvalue weighted by Gasteiger charge is 2.37. The maximum Gasteiger partial charge on any atom is 0.333 e. The van der Waals surface area contributed by atoms with Crippen molar-refractivity contribution in [2.75, 3.05) is 27.3 Å². The molecule has 1 atom stereocenters. The molecule has 1 fully saturated rings. The van der Waals surface area contributed by atoms with Crippen molar-refractivity contribution in [3.63, 3.8) is 0 Å². The highest BCUT2D eigenvalue weighted by atomic mass is 16.5. The first-order valence-electron chi connectivity index (χ1n) is 10.6. The predicted molar refractivity (Wildman–Crippen MR) is 121 cm³/mol. The lowest BCUT2D eigenvalue weighted by Gasteiger charge is -2.28. The molecule has 0 N–H and O–H groups in total. The number of hydrogen-bond acceptors (Lipinski definition) is 5. The molecule has 32 heavy (non-hydrogen) atoms. The van der Waals surface area contributed by atoms with Gasteiger partial charge in [-0.1, -0.05) is 38.1 Å². The average Bonchev–Trinajstić information content (AvgIpc) is 2.82. The smallest absolute Gasteiger partial charge is 0.333 e. The Labute approximate surface area is 188 Å². The van der Waals surface area contributed by atoms with Gasteiger partial charge >= 0.3 is 6.03 Å². The van der Waals surface area contributed by atoms with E-state index in [0.29, 0.717) is 30.4 Å². The largest absolute Gasteiger partial charge is 0.490 e. The van der Waals surface area contributed by atoms with E-state index in [1.54, 1.807) is 24.3 Å². The number of carbonyl (C=O) groups excluding carboxylic acids is 3. The molecule has 0 aromatic heterocycles. The van der Waals surface area contributed by atoms with Crippen LogP contribution in [0.3, 0.4) is 0 Å². The number of likely N-dealkylation sites (N-methyl/N-ethyl adjacent to an activating group) is 2. The van der Waals surface area contributed by atoms with Gasteiger partial charge in [-0.2, -0.15) is 0 Å². The molecule has 2 aromatic carbocycles. The monoisotopic (exact) mass is 436 g/mol. The van der Waals surface area contributed by atoms with Crippen molar-refractivity contribution in [2.24, 2.45) is 0 Å². The van der Waals surface area contributed by atoms with Crippen molar-refractivity contribution >= 4 is 23.9 Å². The molecule has 0 saturated carbocycles. The number of benzene rings is 2. The Morgan fingerprint density at radius 3 is 1.75 bits per heavy atom. The van der Waals surface area contributed by atoms with E-state index in [1.165, 1.54) is 25.7 Å². The summed E-state index contributed by atoms with van der Waals surface area (Å²) >= 11 is 0. The molecular formula is C25H28N2O5. The van der Waals surface area contributed by atoms with Crippen LogP contribution in [0.2, 0.25) is 0 Å². The van der Waals surface area contributed by atoms with Crippen molar-refractivity contribution in [3.8, 4) is 11.5 Å². The molecule has 0 bridgehead atoms. The molecule has 7 heteroatoms. The van der Waals surface area contributed by atoms with E-state index in [2.05, 4.69) is 26.0 Å². The first kappa shape index (κ1) is 23.1. The van der Waals surface area contributed by atoms with Gasteiger partial charge in [-0.15, -0.1) is 0 Å². The second kappa shape index (κ2) is 10.1. The Balaban J connectivity index is 1.53. The van der Waals surface area contributed by atoms with Crippen LogP contribution in [0, 0.1) is 0 Å². The third-order valence-electron chi connectivity index (χ3n) is 5.52. The van der Waals surface area contributed by atoms with Crippen LogP contribution in [0.1, 0.15) is 37.3 Å². The van der Waals surface area contributed by atoms with Crippen LogP contribution in [-0.2, 0) is 9.59 Å². The van der Waals surface area contributed by atoms with E-state index in [4.69, 9.17) is 9.47 Å². The van der Waals surface area contributed by atoms with Gasteiger partial charge in [0, 0.05) is 14.1 Å². The van der Waals surface area contributed by atoms with Gasteiger partial charge in [0.2, 0.25) is 0 Å². The third kappa shape index (κ3) is 5.17. The fourth-order valence-corrected chi connectivity index (χ4v) is 3.25. The maximum absolute atomic E-state index is 12.3. The van der Waals surface area contributed by atoms with E-state index < -0.39 is 17.8 Å². The normalized spacial score (nSPS) is 15.1. The minimum atomic E-state index is -0.644. The van der Waals surface area contributed by atoms with Crippen molar-refractivity contribution < 1.29 is 23.9 Å². The van der Waals surface area contributed by atoms with Gasteiger partial charge in [-0.25, -0.2) is 4.79 Å². The molecule has 168 valence electrons.